The summed E-state index contributed by atoms with van der Waals surface area (Å²) in [5.41, 5.74) is 6.91. The summed E-state index contributed by atoms with van der Waals surface area (Å²) < 4.78 is 14.4. The summed E-state index contributed by atoms with van der Waals surface area (Å²) in [7, 11) is 0. The van der Waals surface area contributed by atoms with E-state index in [4.69, 9.17) is 5.73 Å². The molecule has 94 valence electrons. The minimum absolute atomic E-state index is 0.0383. The lowest BCUT2D eigenvalue weighted by Gasteiger charge is -2.07. The monoisotopic (exact) mass is 250 g/mol. The third-order valence-corrected chi connectivity index (χ3v) is 2.69. The van der Waals surface area contributed by atoms with Crippen LogP contribution in [0.25, 0.3) is 0 Å². The maximum absolute atomic E-state index is 13.1. The summed E-state index contributed by atoms with van der Waals surface area (Å²) >= 11 is 0. The number of nitrogen functional groups attached to an aromatic ring is 1. The normalized spacial score (nSPS) is 10.6. The molecule has 0 saturated heterocycles. The van der Waals surface area contributed by atoms with Crippen molar-refractivity contribution in [1.29, 1.82) is 0 Å². The third kappa shape index (κ3) is 2.15. The van der Waals surface area contributed by atoms with Gasteiger partial charge in [0.25, 0.3) is 0 Å². The van der Waals surface area contributed by atoms with E-state index in [1.807, 2.05) is 6.92 Å². The number of anilines is 1. The Morgan fingerprint density at radius 2 is 2.28 bits per heavy atom. The number of nitrogens with two attached hydrogens (primary N) is 1. The summed E-state index contributed by atoms with van der Waals surface area (Å²) in [6, 6.07) is 4.36. The van der Waals surface area contributed by atoms with Gasteiger partial charge in [-0.2, -0.15) is 5.10 Å². The highest BCUT2D eigenvalue weighted by Gasteiger charge is 2.17. The highest BCUT2D eigenvalue weighted by molar-refractivity contribution is 5.51. The third-order valence-electron chi connectivity index (χ3n) is 2.69. The molecule has 1 aromatic heterocycles. The van der Waals surface area contributed by atoms with Crippen molar-refractivity contribution < 1.29 is 9.31 Å². The summed E-state index contributed by atoms with van der Waals surface area (Å²) in [6.07, 6.45) is 1.09. The fourth-order valence-electron chi connectivity index (χ4n) is 1.62. The van der Waals surface area contributed by atoms with Crippen LogP contribution in [0.1, 0.15) is 11.1 Å². The molecule has 1 aromatic carbocycles. The predicted octanol–water partition coefficient (Wildman–Crippen LogP) is 1.87. The second-order valence-electron chi connectivity index (χ2n) is 3.90. The molecular weight excluding hydrogens is 239 g/mol. The smallest absolute Gasteiger partial charge is 0.330 e. The van der Waals surface area contributed by atoms with E-state index in [2.05, 4.69) is 5.10 Å². The number of nitro groups is 1. The fraction of sp³-hybridized carbons (Fsp3) is 0.182. The van der Waals surface area contributed by atoms with Crippen molar-refractivity contribution in [3.8, 4) is 0 Å². The molecule has 2 rings (SSSR count). The van der Waals surface area contributed by atoms with Gasteiger partial charge in [0, 0.05) is 0 Å². The average Bonchev–Trinajstić information content (AvgIpc) is 2.66. The van der Waals surface area contributed by atoms with Crippen molar-refractivity contribution in [3.63, 3.8) is 0 Å². The van der Waals surface area contributed by atoms with Crippen molar-refractivity contribution in [3.05, 3.63) is 51.5 Å². The first-order chi connectivity index (χ1) is 8.49. The van der Waals surface area contributed by atoms with Gasteiger partial charge in [-0.3, -0.25) is 10.1 Å². The predicted molar refractivity (Wildman–Crippen MR) is 63.5 cm³/mol. The summed E-state index contributed by atoms with van der Waals surface area (Å²) in [5.74, 6) is -0.403. The van der Waals surface area contributed by atoms with Crippen LogP contribution in [0.3, 0.4) is 0 Å². The highest BCUT2D eigenvalue weighted by Crippen LogP contribution is 2.21. The first-order valence-corrected chi connectivity index (χ1v) is 5.19. The van der Waals surface area contributed by atoms with E-state index in [-0.39, 0.29) is 23.9 Å². The Kier molecular flexibility index (Phi) is 2.97. The summed E-state index contributed by atoms with van der Waals surface area (Å²) in [6.45, 7) is 2.02. The maximum atomic E-state index is 13.1. The number of halogens is 1. The van der Waals surface area contributed by atoms with E-state index < -0.39 is 4.92 Å². The Morgan fingerprint density at radius 3 is 2.89 bits per heavy atom. The molecule has 0 radical (unpaired) electrons. The van der Waals surface area contributed by atoms with Gasteiger partial charge in [0.2, 0.25) is 5.82 Å². The zero-order valence-electron chi connectivity index (χ0n) is 9.63. The van der Waals surface area contributed by atoms with Crippen LogP contribution in [-0.4, -0.2) is 14.7 Å². The van der Waals surface area contributed by atoms with Gasteiger partial charge in [-0.05, 0) is 30.2 Å². The van der Waals surface area contributed by atoms with Gasteiger partial charge in [0.1, 0.15) is 12.0 Å². The van der Waals surface area contributed by atoms with Crippen LogP contribution in [0, 0.1) is 22.9 Å². The van der Waals surface area contributed by atoms with E-state index in [1.165, 1.54) is 16.8 Å². The van der Waals surface area contributed by atoms with Gasteiger partial charge in [0.15, 0.2) is 0 Å². The molecule has 0 fully saturated rings. The number of hydrogen-bond donors (Lipinski definition) is 1. The Morgan fingerprint density at radius 1 is 1.56 bits per heavy atom. The van der Waals surface area contributed by atoms with Crippen LogP contribution < -0.4 is 5.73 Å². The number of benzene rings is 1. The van der Waals surface area contributed by atoms with Crippen LogP contribution in [-0.2, 0) is 6.54 Å². The van der Waals surface area contributed by atoms with Crippen LogP contribution in [0.15, 0.2) is 24.4 Å². The van der Waals surface area contributed by atoms with Crippen molar-refractivity contribution in [2.75, 3.05) is 5.73 Å². The molecule has 2 aromatic rings. The minimum atomic E-state index is -0.600. The molecule has 0 bridgehead atoms. The molecule has 18 heavy (non-hydrogen) atoms. The molecule has 0 saturated carbocycles. The minimum Gasteiger partial charge on any atom is -0.378 e. The highest BCUT2D eigenvalue weighted by atomic mass is 19.1. The quantitative estimate of drug-likeness (QED) is 0.665. The van der Waals surface area contributed by atoms with Crippen LogP contribution in [0.2, 0.25) is 0 Å². The Balaban J connectivity index is 2.34. The molecule has 0 amide bonds. The maximum Gasteiger partial charge on any atom is 0.330 e. The van der Waals surface area contributed by atoms with Gasteiger partial charge < -0.3 is 5.73 Å². The number of aryl methyl sites for hydroxylation is 1. The number of hydrogen-bond acceptors (Lipinski definition) is 4. The Hall–Kier alpha value is -2.44. The van der Waals surface area contributed by atoms with E-state index >= 15 is 0 Å². The number of rotatable bonds is 3. The molecule has 0 unspecified atom stereocenters. The number of aromatic nitrogens is 2. The average molecular weight is 250 g/mol. The van der Waals surface area contributed by atoms with Crippen LogP contribution >= 0.6 is 0 Å². The largest absolute Gasteiger partial charge is 0.378 e. The van der Waals surface area contributed by atoms with E-state index in [0.717, 1.165) is 11.8 Å². The Bertz CT molecular complexity index is 609. The zero-order chi connectivity index (χ0) is 13.3. The molecule has 2 N–H and O–H groups in total. The first-order valence-electron chi connectivity index (χ1n) is 5.19. The standard InChI is InChI=1S/C11H11FN4O2/c1-7-2-3-9(12)4-8(7)6-15-11(13)10(5-14-15)16(17)18/h2-5H,6,13H2,1H3. The van der Waals surface area contributed by atoms with Crippen LogP contribution in [0.5, 0.6) is 0 Å². The van der Waals surface area contributed by atoms with Gasteiger partial charge in [-0.15, -0.1) is 0 Å². The lowest BCUT2D eigenvalue weighted by atomic mass is 10.1. The van der Waals surface area contributed by atoms with Crippen LogP contribution in [0.4, 0.5) is 15.9 Å². The molecule has 0 spiro atoms. The first kappa shape index (κ1) is 12.0. The lowest BCUT2D eigenvalue weighted by Crippen LogP contribution is -2.08. The molecule has 0 aliphatic carbocycles. The second kappa shape index (κ2) is 4.44. The molecule has 0 aliphatic heterocycles. The lowest BCUT2D eigenvalue weighted by molar-refractivity contribution is -0.384. The number of nitrogens with zero attached hydrogens (tertiary/aromatic N) is 3. The van der Waals surface area contributed by atoms with Gasteiger partial charge in [-0.1, -0.05) is 6.07 Å². The SMILES string of the molecule is Cc1ccc(F)cc1Cn1ncc([N+](=O)[O-])c1N. The van der Waals surface area contributed by atoms with Crippen molar-refractivity contribution >= 4 is 11.5 Å². The van der Waals surface area contributed by atoms with E-state index in [1.54, 1.807) is 6.07 Å². The summed E-state index contributed by atoms with van der Waals surface area (Å²) in [4.78, 5) is 10.0. The molecule has 6 nitrogen and oxygen atoms in total. The van der Waals surface area contributed by atoms with Crippen molar-refractivity contribution in [2.45, 2.75) is 13.5 Å². The van der Waals surface area contributed by atoms with E-state index in [9.17, 15) is 14.5 Å². The summed E-state index contributed by atoms with van der Waals surface area (Å²) in [5, 5.41) is 14.5. The Labute approximate surface area is 102 Å². The zero-order valence-corrected chi connectivity index (χ0v) is 9.63. The van der Waals surface area contributed by atoms with Gasteiger partial charge in [0.05, 0.1) is 11.5 Å². The molecular formula is C11H11FN4O2. The fourth-order valence-corrected chi connectivity index (χ4v) is 1.62. The van der Waals surface area contributed by atoms with Gasteiger partial charge in [-0.25, -0.2) is 9.07 Å². The topological polar surface area (TPSA) is 87.0 Å². The second-order valence-corrected chi connectivity index (χ2v) is 3.90. The van der Waals surface area contributed by atoms with Gasteiger partial charge >= 0.3 is 5.69 Å². The molecule has 0 aliphatic rings. The van der Waals surface area contributed by atoms with E-state index in [0.29, 0.717) is 5.56 Å². The van der Waals surface area contributed by atoms with Crippen molar-refractivity contribution in [2.24, 2.45) is 0 Å². The molecule has 0 atom stereocenters. The molecule has 1 heterocycles. The van der Waals surface area contributed by atoms with Crippen molar-refractivity contribution in [1.82, 2.24) is 9.78 Å². The molecule has 7 heteroatoms.